The van der Waals surface area contributed by atoms with Crippen molar-refractivity contribution in [1.82, 2.24) is 9.97 Å². The molecule has 1 heterocycles. The second kappa shape index (κ2) is 9.29. The lowest BCUT2D eigenvalue weighted by Crippen LogP contribution is -2.18. The number of Topliss-reactive ketones (excluding diaryl/α,β-unsaturated/α-hetero) is 1. The van der Waals surface area contributed by atoms with Gasteiger partial charge in [0.25, 0.3) is 5.56 Å². The van der Waals surface area contributed by atoms with Crippen LogP contribution in [-0.2, 0) is 17.0 Å². The minimum absolute atomic E-state index is 0.0850. The number of carbonyl (C=O) groups excluding carboxylic acids is 2. The number of thioether (sulfide) groups is 1. The summed E-state index contributed by atoms with van der Waals surface area (Å²) in [5.74, 6) is -0.262. The van der Waals surface area contributed by atoms with Crippen LogP contribution in [0.25, 0.3) is 0 Å². The van der Waals surface area contributed by atoms with Gasteiger partial charge in [-0.1, -0.05) is 36.0 Å². The van der Waals surface area contributed by atoms with E-state index in [0.717, 1.165) is 5.56 Å². The van der Waals surface area contributed by atoms with Gasteiger partial charge in [-0.2, -0.15) is 0 Å². The molecule has 1 amide bonds. The molecule has 8 heteroatoms. The van der Waals surface area contributed by atoms with E-state index in [1.807, 2.05) is 0 Å². The van der Waals surface area contributed by atoms with E-state index in [0.29, 0.717) is 27.9 Å². The summed E-state index contributed by atoms with van der Waals surface area (Å²) in [6.07, 6.45) is -0.0850. The van der Waals surface area contributed by atoms with Crippen LogP contribution < -0.4 is 10.9 Å². The molecule has 0 atom stereocenters. The Kier molecular flexibility index (Phi) is 6.56. The van der Waals surface area contributed by atoms with E-state index in [2.05, 4.69) is 15.3 Å². The van der Waals surface area contributed by atoms with Gasteiger partial charge in [0.15, 0.2) is 10.9 Å². The molecule has 0 fully saturated rings. The predicted octanol–water partition coefficient (Wildman–Crippen LogP) is 3.59. The largest absolute Gasteiger partial charge is 0.326 e. The summed E-state index contributed by atoms with van der Waals surface area (Å²) in [6.45, 7) is 1.45. The fourth-order valence-corrected chi connectivity index (χ4v) is 3.41. The number of aromatic nitrogens is 2. The number of hydrogen-bond donors (Lipinski definition) is 2. The second-order valence-electron chi connectivity index (χ2n) is 6.32. The highest BCUT2D eigenvalue weighted by Gasteiger charge is 2.10. The van der Waals surface area contributed by atoms with Gasteiger partial charge in [0, 0.05) is 23.1 Å². The first kappa shape index (κ1) is 20.5. The SMILES string of the molecule is CC(=O)c1cccc(NC(=O)Cc2cc(=O)[nH]c(SCc3ccc(F)cc3)n2)c1. The van der Waals surface area contributed by atoms with Gasteiger partial charge in [-0.25, -0.2) is 9.37 Å². The lowest BCUT2D eigenvalue weighted by atomic mass is 10.1. The number of nitrogens with zero attached hydrogens (tertiary/aromatic N) is 1. The summed E-state index contributed by atoms with van der Waals surface area (Å²) < 4.78 is 13.0. The average molecular weight is 411 g/mol. The normalized spacial score (nSPS) is 10.6. The number of aromatic amines is 1. The second-order valence-corrected chi connectivity index (χ2v) is 7.28. The van der Waals surface area contributed by atoms with Gasteiger partial charge in [0.1, 0.15) is 5.82 Å². The first-order valence-corrected chi connectivity index (χ1v) is 9.76. The first-order valence-electron chi connectivity index (χ1n) is 8.77. The first-order chi connectivity index (χ1) is 13.9. The van der Waals surface area contributed by atoms with Crippen LogP contribution in [0.3, 0.4) is 0 Å². The summed E-state index contributed by atoms with van der Waals surface area (Å²) in [7, 11) is 0. The number of anilines is 1. The van der Waals surface area contributed by atoms with Crippen molar-refractivity contribution >= 4 is 29.1 Å². The van der Waals surface area contributed by atoms with Gasteiger partial charge in [-0.15, -0.1) is 0 Å². The van der Waals surface area contributed by atoms with Crippen molar-refractivity contribution in [3.63, 3.8) is 0 Å². The number of H-pyrrole nitrogens is 1. The van der Waals surface area contributed by atoms with Crippen LogP contribution in [0.15, 0.2) is 64.5 Å². The Balaban J connectivity index is 1.65. The summed E-state index contributed by atoms with van der Waals surface area (Å²) in [4.78, 5) is 42.6. The lowest BCUT2D eigenvalue weighted by Gasteiger charge is -2.07. The number of nitrogens with one attached hydrogen (secondary N) is 2. The Labute approximate surface area is 170 Å². The number of hydrogen-bond acceptors (Lipinski definition) is 5. The van der Waals surface area contributed by atoms with Crippen molar-refractivity contribution in [2.75, 3.05) is 5.32 Å². The third-order valence-corrected chi connectivity index (χ3v) is 4.90. The van der Waals surface area contributed by atoms with E-state index in [4.69, 9.17) is 0 Å². The minimum Gasteiger partial charge on any atom is -0.326 e. The van der Waals surface area contributed by atoms with Crippen molar-refractivity contribution in [2.45, 2.75) is 24.3 Å². The van der Waals surface area contributed by atoms with E-state index in [1.165, 1.54) is 36.9 Å². The van der Waals surface area contributed by atoms with Crippen molar-refractivity contribution in [1.29, 1.82) is 0 Å². The van der Waals surface area contributed by atoms with E-state index < -0.39 is 0 Å². The molecule has 3 aromatic rings. The van der Waals surface area contributed by atoms with Gasteiger partial charge in [0.2, 0.25) is 5.91 Å². The van der Waals surface area contributed by atoms with E-state index in [1.54, 1.807) is 36.4 Å². The van der Waals surface area contributed by atoms with Crippen molar-refractivity contribution in [3.8, 4) is 0 Å². The molecule has 0 aliphatic rings. The molecule has 6 nitrogen and oxygen atoms in total. The van der Waals surface area contributed by atoms with Gasteiger partial charge < -0.3 is 10.3 Å². The molecule has 2 N–H and O–H groups in total. The third kappa shape index (κ3) is 6.11. The molecular formula is C21H18FN3O3S. The monoisotopic (exact) mass is 411 g/mol. The van der Waals surface area contributed by atoms with Gasteiger partial charge in [0.05, 0.1) is 12.1 Å². The zero-order valence-corrected chi connectivity index (χ0v) is 16.4. The Hall–Kier alpha value is -3.26. The maximum absolute atomic E-state index is 13.0. The number of rotatable bonds is 7. The number of benzene rings is 2. The fraction of sp³-hybridized carbons (Fsp3) is 0.143. The highest BCUT2D eigenvalue weighted by Crippen LogP contribution is 2.19. The molecule has 1 aromatic heterocycles. The highest BCUT2D eigenvalue weighted by molar-refractivity contribution is 7.98. The van der Waals surface area contributed by atoms with Crippen LogP contribution in [0.1, 0.15) is 28.5 Å². The molecular weight excluding hydrogens is 393 g/mol. The van der Waals surface area contributed by atoms with Crippen molar-refractivity contribution in [3.05, 3.63) is 87.6 Å². The Morgan fingerprint density at radius 2 is 1.90 bits per heavy atom. The summed E-state index contributed by atoms with van der Waals surface area (Å²) in [5, 5.41) is 3.08. The smallest absolute Gasteiger partial charge is 0.251 e. The average Bonchev–Trinajstić information content (AvgIpc) is 2.67. The van der Waals surface area contributed by atoms with Crippen LogP contribution in [0, 0.1) is 5.82 Å². The van der Waals surface area contributed by atoms with Crippen molar-refractivity contribution < 1.29 is 14.0 Å². The third-order valence-electron chi connectivity index (χ3n) is 3.96. The minimum atomic E-state index is -0.358. The maximum Gasteiger partial charge on any atom is 0.251 e. The van der Waals surface area contributed by atoms with Crippen LogP contribution in [0.2, 0.25) is 0 Å². The zero-order chi connectivity index (χ0) is 20.8. The molecule has 0 aliphatic heterocycles. The molecule has 0 saturated carbocycles. The van der Waals surface area contributed by atoms with Crippen LogP contribution in [-0.4, -0.2) is 21.7 Å². The maximum atomic E-state index is 13.0. The van der Waals surface area contributed by atoms with Crippen LogP contribution in [0.4, 0.5) is 10.1 Å². The van der Waals surface area contributed by atoms with Gasteiger partial charge >= 0.3 is 0 Å². The number of carbonyl (C=O) groups is 2. The molecule has 29 heavy (non-hydrogen) atoms. The molecule has 148 valence electrons. The summed E-state index contributed by atoms with van der Waals surface area (Å²) in [5.41, 5.74) is 1.85. The molecule has 0 saturated heterocycles. The zero-order valence-electron chi connectivity index (χ0n) is 15.6. The standard InChI is InChI=1S/C21H18FN3O3S/c1-13(26)15-3-2-4-17(9-15)23-19(27)10-18-11-20(28)25-21(24-18)29-12-14-5-7-16(22)8-6-14/h2-9,11H,10,12H2,1H3,(H,23,27)(H,24,25,28). The fourth-order valence-electron chi connectivity index (χ4n) is 2.56. The Morgan fingerprint density at radius 1 is 1.14 bits per heavy atom. The Morgan fingerprint density at radius 3 is 2.62 bits per heavy atom. The summed E-state index contributed by atoms with van der Waals surface area (Å²) in [6, 6.07) is 14.0. The predicted molar refractivity (Wildman–Crippen MR) is 110 cm³/mol. The number of ketones is 1. The van der Waals surface area contributed by atoms with Crippen molar-refractivity contribution in [2.24, 2.45) is 0 Å². The highest BCUT2D eigenvalue weighted by atomic mass is 32.2. The molecule has 0 radical (unpaired) electrons. The molecule has 0 unspecified atom stereocenters. The topological polar surface area (TPSA) is 91.9 Å². The molecule has 0 spiro atoms. The van der Waals surface area contributed by atoms with E-state index in [-0.39, 0.29) is 29.5 Å². The molecule has 3 rings (SSSR count). The number of halogens is 1. The summed E-state index contributed by atoms with van der Waals surface area (Å²) >= 11 is 1.29. The van der Waals surface area contributed by atoms with Gasteiger partial charge in [-0.3, -0.25) is 14.4 Å². The van der Waals surface area contributed by atoms with Crippen LogP contribution >= 0.6 is 11.8 Å². The van der Waals surface area contributed by atoms with E-state index in [9.17, 15) is 18.8 Å². The Bertz CT molecular complexity index is 1100. The molecule has 0 bridgehead atoms. The number of amides is 1. The molecule has 2 aromatic carbocycles. The molecule has 0 aliphatic carbocycles. The van der Waals surface area contributed by atoms with Gasteiger partial charge in [-0.05, 0) is 36.8 Å². The van der Waals surface area contributed by atoms with Crippen LogP contribution in [0.5, 0.6) is 0 Å². The lowest BCUT2D eigenvalue weighted by molar-refractivity contribution is -0.115. The van der Waals surface area contributed by atoms with E-state index >= 15 is 0 Å². The quantitative estimate of drug-likeness (QED) is 0.352.